The number of methoxy groups -OCH3 is 1. The molecule has 102 valence electrons. The Morgan fingerprint density at radius 2 is 2.20 bits per heavy atom. The zero-order chi connectivity index (χ0) is 13.9. The highest BCUT2D eigenvalue weighted by molar-refractivity contribution is 7.98. The van der Waals surface area contributed by atoms with Crippen LogP contribution in [0.3, 0.4) is 0 Å². The van der Waals surface area contributed by atoms with Crippen molar-refractivity contribution in [3.05, 3.63) is 57.9 Å². The number of fused-ring (bicyclic) bond motifs is 2. The molecule has 3 rings (SSSR count). The normalized spacial score (nSPS) is 15.2. The molecule has 0 spiro atoms. The minimum Gasteiger partial charge on any atom is -0.453 e. The Labute approximate surface area is 125 Å². The van der Waals surface area contributed by atoms with Gasteiger partial charge in [0.05, 0.1) is 7.11 Å². The third kappa shape index (κ3) is 2.46. The zero-order valence-corrected chi connectivity index (χ0v) is 12.5. The summed E-state index contributed by atoms with van der Waals surface area (Å²) in [6.07, 6.45) is 1.29. The number of rotatable bonds is 1. The highest BCUT2D eigenvalue weighted by Gasteiger charge is 2.19. The van der Waals surface area contributed by atoms with Crippen molar-refractivity contribution >= 4 is 34.8 Å². The summed E-state index contributed by atoms with van der Waals surface area (Å²) in [7, 11) is 1.36. The van der Waals surface area contributed by atoms with Gasteiger partial charge in [0.25, 0.3) is 0 Å². The monoisotopic (exact) mass is 303 g/mol. The molecule has 0 bridgehead atoms. The van der Waals surface area contributed by atoms with E-state index in [9.17, 15) is 4.79 Å². The lowest BCUT2D eigenvalue weighted by molar-refractivity contribution is 0.175. The van der Waals surface area contributed by atoms with Gasteiger partial charge < -0.3 is 4.74 Å². The summed E-state index contributed by atoms with van der Waals surface area (Å²) in [6.45, 7) is 0. The summed E-state index contributed by atoms with van der Waals surface area (Å²) in [5.74, 6) is 0.950. The van der Waals surface area contributed by atoms with Crippen LogP contribution in [-0.4, -0.2) is 13.2 Å². The molecule has 1 N–H and O–H groups in total. The van der Waals surface area contributed by atoms with Gasteiger partial charge in [0.2, 0.25) is 0 Å². The molecular formula is C15H13NO2S2. The Morgan fingerprint density at radius 1 is 1.35 bits per heavy atom. The van der Waals surface area contributed by atoms with Crippen LogP contribution in [0.25, 0.3) is 5.57 Å². The topological polar surface area (TPSA) is 38.3 Å². The highest BCUT2D eigenvalue weighted by atomic mass is 32.2. The first-order valence-corrected chi connectivity index (χ1v) is 7.99. The first-order chi connectivity index (χ1) is 9.79. The van der Waals surface area contributed by atoms with Gasteiger partial charge in [-0.3, -0.25) is 5.32 Å². The number of benzene rings is 1. The Hall–Kier alpha value is -1.72. The molecule has 1 aliphatic rings. The fraction of sp³-hybridized carbons (Fsp3) is 0.133. The second-order valence-corrected chi connectivity index (χ2v) is 6.19. The van der Waals surface area contributed by atoms with Gasteiger partial charge in [0.15, 0.2) is 0 Å². The molecule has 0 fully saturated rings. The molecule has 1 aromatic heterocycles. The molecule has 0 saturated heterocycles. The number of nitrogens with one attached hydrogen (secondary N) is 1. The summed E-state index contributed by atoms with van der Waals surface area (Å²) in [5, 5.41) is 4.76. The van der Waals surface area contributed by atoms with Gasteiger partial charge in [-0.05, 0) is 28.6 Å². The third-order valence-corrected chi connectivity index (χ3v) is 5.18. The molecule has 1 amide bonds. The van der Waals surface area contributed by atoms with Crippen molar-refractivity contribution in [2.24, 2.45) is 0 Å². The number of hydrogen-bond acceptors (Lipinski definition) is 4. The van der Waals surface area contributed by atoms with Crippen LogP contribution < -0.4 is 5.32 Å². The van der Waals surface area contributed by atoms with E-state index in [0.29, 0.717) is 0 Å². The summed E-state index contributed by atoms with van der Waals surface area (Å²) in [5.41, 5.74) is 3.49. The van der Waals surface area contributed by atoms with E-state index in [1.807, 2.05) is 23.9 Å². The first-order valence-electron chi connectivity index (χ1n) is 6.13. The largest absolute Gasteiger partial charge is 0.453 e. The van der Waals surface area contributed by atoms with Gasteiger partial charge in [0, 0.05) is 27.3 Å². The summed E-state index contributed by atoms with van der Waals surface area (Å²) in [4.78, 5) is 13.8. The molecule has 3 nitrogen and oxygen atoms in total. The molecule has 0 aliphatic carbocycles. The van der Waals surface area contributed by atoms with E-state index >= 15 is 0 Å². The Morgan fingerprint density at radius 3 is 3.05 bits per heavy atom. The lowest BCUT2D eigenvalue weighted by Crippen LogP contribution is -2.17. The fourth-order valence-electron chi connectivity index (χ4n) is 2.11. The molecule has 0 saturated carbocycles. The van der Waals surface area contributed by atoms with Gasteiger partial charge in [-0.1, -0.05) is 18.2 Å². The summed E-state index contributed by atoms with van der Waals surface area (Å²) >= 11 is 3.52. The average Bonchev–Trinajstić information content (AvgIpc) is 2.89. The van der Waals surface area contributed by atoms with Gasteiger partial charge in [-0.2, -0.15) is 0 Å². The highest BCUT2D eigenvalue weighted by Crippen LogP contribution is 2.41. The van der Waals surface area contributed by atoms with Crippen molar-refractivity contribution in [1.29, 1.82) is 0 Å². The van der Waals surface area contributed by atoms with Crippen LogP contribution in [0.15, 0.2) is 46.8 Å². The zero-order valence-electron chi connectivity index (χ0n) is 10.9. The standard InChI is InChI=1S/C15H13NO2S2/c1-18-15(17)16-8-12-11-4-2-3-5-13(11)20-9-10-6-7-19-14(10)12/h2-8H,9H2,1H3,(H,16,17)/b12-8+. The third-order valence-electron chi connectivity index (χ3n) is 3.07. The number of thiophene rings is 1. The average molecular weight is 303 g/mol. The number of hydrogen-bond donors (Lipinski definition) is 1. The lowest BCUT2D eigenvalue weighted by atomic mass is 10.0. The molecular weight excluding hydrogens is 290 g/mol. The van der Waals surface area contributed by atoms with E-state index in [0.717, 1.165) is 16.9 Å². The van der Waals surface area contributed by atoms with Crippen molar-refractivity contribution in [2.75, 3.05) is 7.11 Å². The van der Waals surface area contributed by atoms with Crippen LogP contribution in [0.2, 0.25) is 0 Å². The molecule has 0 atom stereocenters. The number of alkyl carbamates (subject to hydrolysis) is 1. The molecule has 0 radical (unpaired) electrons. The van der Waals surface area contributed by atoms with Crippen LogP contribution in [-0.2, 0) is 10.5 Å². The molecule has 1 aliphatic heterocycles. The number of amides is 1. The maximum absolute atomic E-state index is 11.3. The Bertz CT molecular complexity index is 676. The minimum absolute atomic E-state index is 0.454. The second kappa shape index (κ2) is 5.73. The van der Waals surface area contributed by atoms with Gasteiger partial charge >= 0.3 is 6.09 Å². The summed E-state index contributed by atoms with van der Waals surface area (Å²) in [6, 6.07) is 10.4. The van der Waals surface area contributed by atoms with Gasteiger partial charge in [0.1, 0.15) is 0 Å². The number of thioether (sulfide) groups is 1. The van der Waals surface area contributed by atoms with Gasteiger partial charge in [-0.25, -0.2) is 4.79 Å². The van der Waals surface area contributed by atoms with E-state index in [1.54, 1.807) is 17.5 Å². The van der Waals surface area contributed by atoms with Crippen molar-refractivity contribution < 1.29 is 9.53 Å². The van der Waals surface area contributed by atoms with Crippen molar-refractivity contribution in [3.8, 4) is 0 Å². The fourth-order valence-corrected chi connectivity index (χ4v) is 4.22. The van der Waals surface area contributed by atoms with Crippen LogP contribution in [0.4, 0.5) is 4.79 Å². The molecule has 2 heterocycles. The maximum atomic E-state index is 11.3. The first kappa shape index (κ1) is 13.3. The molecule has 1 aromatic carbocycles. The van der Waals surface area contributed by atoms with Crippen molar-refractivity contribution in [3.63, 3.8) is 0 Å². The number of ether oxygens (including phenoxy) is 1. The van der Waals surface area contributed by atoms with Crippen LogP contribution in [0.1, 0.15) is 16.0 Å². The quantitative estimate of drug-likeness (QED) is 0.862. The lowest BCUT2D eigenvalue weighted by Gasteiger charge is -2.09. The van der Waals surface area contributed by atoms with Crippen molar-refractivity contribution in [1.82, 2.24) is 5.32 Å². The van der Waals surface area contributed by atoms with Gasteiger partial charge in [-0.15, -0.1) is 23.1 Å². The van der Waals surface area contributed by atoms with Crippen LogP contribution >= 0.6 is 23.1 Å². The smallest absolute Gasteiger partial charge is 0.410 e. The second-order valence-electron chi connectivity index (χ2n) is 4.25. The molecule has 2 aromatic rings. The molecule has 0 unspecified atom stereocenters. The predicted molar refractivity (Wildman–Crippen MR) is 82.9 cm³/mol. The van der Waals surface area contributed by atoms with Crippen molar-refractivity contribution in [2.45, 2.75) is 10.6 Å². The Balaban J connectivity index is 2.10. The molecule has 5 heteroatoms. The van der Waals surface area contributed by atoms with E-state index in [1.165, 1.54) is 22.4 Å². The number of carbonyl (C=O) groups excluding carboxylic acids is 1. The van der Waals surface area contributed by atoms with E-state index < -0.39 is 6.09 Å². The van der Waals surface area contributed by atoms with E-state index in [-0.39, 0.29) is 0 Å². The Kier molecular flexibility index (Phi) is 3.80. The minimum atomic E-state index is -0.454. The van der Waals surface area contributed by atoms with Crippen LogP contribution in [0.5, 0.6) is 0 Å². The number of carbonyl (C=O) groups is 1. The molecule has 20 heavy (non-hydrogen) atoms. The van der Waals surface area contributed by atoms with Crippen LogP contribution in [0, 0.1) is 0 Å². The summed E-state index contributed by atoms with van der Waals surface area (Å²) < 4.78 is 4.63. The van der Waals surface area contributed by atoms with E-state index in [2.05, 4.69) is 33.6 Å². The predicted octanol–water partition coefficient (Wildman–Crippen LogP) is 4.10. The maximum Gasteiger partial charge on any atom is 0.410 e. The SMILES string of the molecule is COC(=O)N/C=C1\c2ccccc2SCc2ccsc21. The van der Waals surface area contributed by atoms with E-state index in [4.69, 9.17) is 0 Å².